The van der Waals surface area contributed by atoms with Gasteiger partial charge >= 0.3 is 0 Å². The number of hydrogen-bond acceptors (Lipinski definition) is 5. The molecule has 0 aliphatic rings. The number of anilines is 1. The SMILES string of the molecule is CN(CCO)Cc1cccc(NCc2cnc(Cl)s2)c1. The van der Waals surface area contributed by atoms with E-state index in [9.17, 15) is 0 Å². The molecule has 0 unspecified atom stereocenters. The summed E-state index contributed by atoms with van der Waals surface area (Å²) in [7, 11) is 2.00. The van der Waals surface area contributed by atoms with Crippen LogP contribution in [0, 0.1) is 0 Å². The molecular formula is C14H18ClN3OS. The fourth-order valence-corrected chi connectivity index (χ4v) is 2.81. The van der Waals surface area contributed by atoms with Crippen LogP contribution in [0.25, 0.3) is 0 Å². The van der Waals surface area contributed by atoms with Crippen LogP contribution < -0.4 is 5.32 Å². The van der Waals surface area contributed by atoms with Crippen LogP contribution in [0.2, 0.25) is 4.47 Å². The highest BCUT2D eigenvalue weighted by Crippen LogP contribution is 2.19. The van der Waals surface area contributed by atoms with Crippen molar-refractivity contribution >= 4 is 28.6 Å². The predicted octanol–water partition coefficient (Wildman–Crippen LogP) is 2.83. The minimum absolute atomic E-state index is 0.181. The van der Waals surface area contributed by atoms with Gasteiger partial charge in [-0.15, -0.1) is 11.3 Å². The van der Waals surface area contributed by atoms with Gasteiger partial charge in [-0.25, -0.2) is 4.98 Å². The first kappa shape index (κ1) is 15.3. The minimum atomic E-state index is 0.181. The van der Waals surface area contributed by atoms with Crippen molar-refractivity contribution in [3.05, 3.63) is 45.4 Å². The molecule has 4 nitrogen and oxygen atoms in total. The molecule has 1 aromatic heterocycles. The Morgan fingerprint density at radius 3 is 3.00 bits per heavy atom. The van der Waals surface area contributed by atoms with Crippen molar-refractivity contribution in [1.29, 1.82) is 0 Å². The van der Waals surface area contributed by atoms with Crippen molar-refractivity contribution < 1.29 is 5.11 Å². The van der Waals surface area contributed by atoms with Crippen molar-refractivity contribution in [3.63, 3.8) is 0 Å². The molecule has 0 bridgehead atoms. The Morgan fingerprint density at radius 2 is 2.30 bits per heavy atom. The van der Waals surface area contributed by atoms with E-state index in [1.165, 1.54) is 16.9 Å². The topological polar surface area (TPSA) is 48.4 Å². The maximum atomic E-state index is 8.91. The Bertz CT molecular complexity index is 547. The lowest BCUT2D eigenvalue weighted by Crippen LogP contribution is -2.21. The van der Waals surface area contributed by atoms with Crippen LogP contribution in [-0.4, -0.2) is 35.2 Å². The first-order valence-corrected chi connectivity index (χ1v) is 7.59. The molecule has 2 aromatic rings. The van der Waals surface area contributed by atoms with E-state index in [1.807, 2.05) is 19.2 Å². The van der Waals surface area contributed by atoms with Crippen molar-refractivity contribution in [1.82, 2.24) is 9.88 Å². The summed E-state index contributed by atoms with van der Waals surface area (Å²) in [5.41, 5.74) is 2.29. The number of likely N-dealkylation sites (N-methyl/N-ethyl adjacent to an activating group) is 1. The van der Waals surface area contributed by atoms with E-state index in [2.05, 4.69) is 27.3 Å². The van der Waals surface area contributed by atoms with Crippen molar-refractivity contribution in [2.75, 3.05) is 25.5 Å². The van der Waals surface area contributed by atoms with Gasteiger partial charge in [0.25, 0.3) is 0 Å². The third-order valence-corrected chi connectivity index (χ3v) is 3.97. The van der Waals surface area contributed by atoms with Gasteiger partial charge in [0, 0.05) is 29.9 Å². The van der Waals surface area contributed by atoms with E-state index in [-0.39, 0.29) is 6.61 Å². The highest BCUT2D eigenvalue weighted by atomic mass is 35.5. The fraction of sp³-hybridized carbons (Fsp3) is 0.357. The monoisotopic (exact) mass is 311 g/mol. The number of aromatic nitrogens is 1. The molecule has 0 aliphatic heterocycles. The van der Waals surface area contributed by atoms with Gasteiger partial charge in [0.15, 0.2) is 4.47 Å². The maximum absolute atomic E-state index is 8.91. The second-order valence-corrected chi connectivity index (χ2v) is 6.29. The molecule has 1 heterocycles. The lowest BCUT2D eigenvalue weighted by molar-refractivity contribution is 0.217. The normalized spacial score (nSPS) is 11.0. The fourth-order valence-electron chi connectivity index (χ4n) is 1.90. The molecule has 0 aliphatic carbocycles. The predicted molar refractivity (Wildman–Crippen MR) is 84.3 cm³/mol. The third kappa shape index (κ3) is 4.76. The van der Waals surface area contributed by atoms with E-state index < -0.39 is 0 Å². The summed E-state index contributed by atoms with van der Waals surface area (Å²) < 4.78 is 0.571. The van der Waals surface area contributed by atoms with Crippen LogP contribution in [0.1, 0.15) is 10.4 Å². The zero-order valence-corrected chi connectivity index (χ0v) is 12.9. The number of aliphatic hydroxyl groups is 1. The Balaban J connectivity index is 1.92. The quantitative estimate of drug-likeness (QED) is 0.825. The number of thiazole rings is 1. The number of hydrogen-bond donors (Lipinski definition) is 2. The molecular weight excluding hydrogens is 294 g/mol. The summed E-state index contributed by atoms with van der Waals surface area (Å²) in [6.07, 6.45) is 1.79. The summed E-state index contributed by atoms with van der Waals surface area (Å²) in [6.45, 7) is 2.40. The van der Waals surface area contributed by atoms with Crippen LogP contribution in [0.15, 0.2) is 30.5 Å². The number of nitrogens with zero attached hydrogens (tertiary/aromatic N) is 2. The van der Waals surface area contributed by atoms with Crippen molar-refractivity contribution in [3.8, 4) is 0 Å². The summed E-state index contributed by atoms with van der Waals surface area (Å²) in [6, 6.07) is 8.28. The average molecular weight is 312 g/mol. The van der Waals surface area contributed by atoms with E-state index in [0.717, 1.165) is 23.7 Å². The van der Waals surface area contributed by atoms with E-state index in [4.69, 9.17) is 16.7 Å². The zero-order valence-electron chi connectivity index (χ0n) is 11.3. The van der Waals surface area contributed by atoms with Gasteiger partial charge in [-0.3, -0.25) is 4.90 Å². The molecule has 2 rings (SSSR count). The lowest BCUT2D eigenvalue weighted by Gasteiger charge is -2.15. The van der Waals surface area contributed by atoms with Gasteiger partial charge in [0.05, 0.1) is 13.2 Å². The van der Waals surface area contributed by atoms with Crippen LogP contribution in [0.3, 0.4) is 0 Å². The van der Waals surface area contributed by atoms with Crippen LogP contribution in [0.5, 0.6) is 0 Å². The molecule has 108 valence electrons. The molecule has 1 aromatic carbocycles. The highest BCUT2D eigenvalue weighted by Gasteiger charge is 2.02. The smallest absolute Gasteiger partial charge is 0.183 e. The molecule has 0 saturated heterocycles. The molecule has 0 spiro atoms. The first-order valence-electron chi connectivity index (χ1n) is 6.40. The number of nitrogens with one attached hydrogen (secondary N) is 1. The Labute approximate surface area is 128 Å². The molecule has 0 amide bonds. The van der Waals surface area contributed by atoms with E-state index in [0.29, 0.717) is 11.0 Å². The average Bonchev–Trinajstić information content (AvgIpc) is 2.83. The Hall–Kier alpha value is -1.14. The largest absolute Gasteiger partial charge is 0.395 e. The lowest BCUT2D eigenvalue weighted by atomic mass is 10.2. The van der Waals surface area contributed by atoms with Crippen molar-refractivity contribution in [2.24, 2.45) is 0 Å². The molecule has 0 fully saturated rings. The second-order valence-electron chi connectivity index (χ2n) is 4.59. The molecule has 20 heavy (non-hydrogen) atoms. The second kappa shape index (κ2) is 7.59. The summed E-state index contributed by atoms with van der Waals surface area (Å²) in [5.74, 6) is 0. The van der Waals surface area contributed by atoms with Crippen LogP contribution in [0.4, 0.5) is 5.69 Å². The highest BCUT2D eigenvalue weighted by molar-refractivity contribution is 7.15. The van der Waals surface area contributed by atoms with Crippen LogP contribution >= 0.6 is 22.9 Å². The van der Waals surface area contributed by atoms with Gasteiger partial charge in [0.2, 0.25) is 0 Å². The Morgan fingerprint density at radius 1 is 1.45 bits per heavy atom. The summed E-state index contributed by atoms with van der Waals surface area (Å²) >= 11 is 7.29. The van der Waals surface area contributed by atoms with Gasteiger partial charge in [-0.05, 0) is 24.7 Å². The maximum Gasteiger partial charge on any atom is 0.183 e. The number of rotatable bonds is 7. The Kier molecular flexibility index (Phi) is 5.79. The van der Waals surface area contributed by atoms with Gasteiger partial charge in [-0.1, -0.05) is 23.7 Å². The molecule has 2 N–H and O–H groups in total. The summed E-state index contributed by atoms with van der Waals surface area (Å²) in [5, 5.41) is 12.3. The zero-order chi connectivity index (χ0) is 14.4. The third-order valence-electron chi connectivity index (χ3n) is 2.85. The summed E-state index contributed by atoms with van der Waals surface area (Å²) in [4.78, 5) is 7.21. The molecule has 0 atom stereocenters. The van der Waals surface area contributed by atoms with Gasteiger partial charge in [0.1, 0.15) is 0 Å². The van der Waals surface area contributed by atoms with E-state index in [1.54, 1.807) is 6.20 Å². The molecule has 0 radical (unpaired) electrons. The first-order chi connectivity index (χ1) is 9.67. The minimum Gasteiger partial charge on any atom is -0.395 e. The number of aliphatic hydroxyl groups excluding tert-OH is 1. The standard InChI is InChI=1S/C14H18ClN3OS/c1-18(5-6-19)10-11-3-2-4-12(7-11)16-8-13-9-17-14(15)20-13/h2-4,7,9,16,19H,5-6,8,10H2,1H3. The van der Waals surface area contributed by atoms with Gasteiger partial charge < -0.3 is 10.4 Å². The van der Waals surface area contributed by atoms with Crippen LogP contribution in [-0.2, 0) is 13.1 Å². The molecule has 6 heteroatoms. The van der Waals surface area contributed by atoms with Gasteiger partial charge in [-0.2, -0.15) is 0 Å². The van der Waals surface area contributed by atoms with Crippen molar-refractivity contribution in [2.45, 2.75) is 13.1 Å². The number of halogens is 1. The molecule has 0 saturated carbocycles. The van der Waals surface area contributed by atoms with E-state index >= 15 is 0 Å². The number of benzene rings is 1.